The number of nitrogens with zero attached hydrogens (tertiary/aromatic N) is 8. The molecule has 0 bridgehead atoms. The van der Waals surface area contributed by atoms with Gasteiger partial charge in [0.25, 0.3) is 5.89 Å². The summed E-state index contributed by atoms with van der Waals surface area (Å²) in [5.74, 6) is 1.18. The second kappa shape index (κ2) is 6.57. The molecule has 1 fully saturated rings. The van der Waals surface area contributed by atoms with Gasteiger partial charge in [0.2, 0.25) is 0 Å². The molecule has 0 saturated carbocycles. The highest BCUT2D eigenvalue weighted by Crippen LogP contribution is 2.30. The first-order valence-corrected chi connectivity index (χ1v) is 7.98. The molecule has 0 aliphatic carbocycles. The van der Waals surface area contributed by atoms with E-state index in [1.54, 1.807) is 29.3 Å². The van der Waals surface area contributed by atoms with Crippen molar-refractivity contribution >= 4 is 0 Å². The molecule has 1 aliphatic heterocycles. The van der Waals surface area contributed by atoms with E-state index in [2.05, 4.69) is 31.3 Å². The Morgan fingerprint density at radius 2 is 2.04 bits per heavy atom. The molecule has 0 aromatic carbocycles. The van der Waals surface area contributed by atoms with E-state index in [1.807, 2.05) is 6.07 Å². The number of likely N-dealkylation sites (tertiary alicyclic amines) is 1. The second-order valence-electron chi connectivity index (χ2n) is 5.72. The number of hydrogen-bond acceptors (Lipinski definition) is 9. The van der Waals surface area contributed by atoms with Gasteiger partial charge in [0.05, 0.1) is 0 Å². The maximum Gasteiger partial charge on any atom is 0.276 e. The van der Waals surface area contributed by atoms with Crippen LogP contribution in [0.15, 0.2) is 35.1 Å². The van der Waals surface area contributed by atoms with Crippen molar-refractivity contribution in [2.45, 2.75) is 18.9 Å². The SMILES string of the molecule is N#Cc1cc(-c2nccc(-c3nc([C@@H]4CCCN4C#N)no3)n2)ccn1. The van der Waals surface area contributed by atoms with Crippen LogP contribution in [0.2, 0.25) is 0 Å². The van der Waals surface area contributed by atoms with Gasteiger partial charge in [-0.25, -0.2) is 15.0 Å². The van der Waals surface area contributed by atoms with E-state index < -0.39 is 0 Å². The van der Waals surface area contributed by atoms with E-state index in [-0.39, 0.29) is 17.6 Å². The summed E-state index contributed by atoms with van der Waals surface area (Å²) in [4.78, 5) is 18.7. The molecule has 0 amide bonds. The van der Waals surface area contributed by atoms with Crippen LogP contribution in [0.3, 0.4) is 0 Å². The zero-order chi connectivity index (χ0) is 17.9. The van der Waals surface area contributed by atoms with Crippen LogP contribution < -0.4 is 0 Å². The van der Waals surface area contributed by atoms with Crippen LogP contribution in [-0.2, 0) is 0 Å². The summed E-state index contributed by atoms with van der Waals surface area (Å²) in [6.45, 7) is 0.700. The fourth-order valence-corrected chi connectivity index (χ4v) is 2.88. The molecule has 4 rings (SSSR count). The van der Waals surface area contributed by atoms with Crippen LogP contribution in [0.4, 0.5) is 0 Å². The van der Waals surface area contributed by atoms with E-state index in [0.717, 1.165) is 12.8 Å². The van der Waals surface area contributed by atoms with Gasteiger partial charge in [-0.3, -0.25) is 4.90 Å². The molecule has 3 aromatic rings. The maximum atomic E-state index is 9.17. The Morgan fingerprint density at radius 1 is 1.15 bits per heavy atom. The maximum absolute atomic E-state index is 9.17. The van der Waals surface area contributed by atoms with Crippen molar-refractivity contribution in [3.8, 4) is 35.2 Å². The van der Waals surface area contributed by atoms with E-state index in [9.17, 15) is 0 Å². The van der Waals surface area contributed by atoms with Gasteiger partial charge >= 0.3 is 0 Å². The molecule has 0 N–H and O–H groups in total. The first-order chi connectivity index (χ1) is 12.8. The third-order valence-corrected chi connectivity index (χ3v) is 4.13. The Kier molecular flexibility index (Phi) is 3.96. The average molecular weight is 344 g/mol. The molecule has 0 unspecified atom stereocenters. The minimum atomic E-state index is -0.155. The summed E-state index contributed by atoms with van der Waals surface area (Å²) in [7, 11) is 0. The molecule has 9 nitrogen and oxygen atoms in total. The quantitative estimate of drug-likeness (QED) is 0.655. The van der Waals surface area contributed by atoms with Crippen LogP contribution >= 0.6 is 0 Å². The lowest BCUT2D eigenvalue weighted by Crippen LogP contribution is -2.17. The minimum absolute atomic E-state index is 0.155. The summed E-state index contributed by atoms with van der Waals surface area (Å²) in [6.07, 6.45) is 7.01. The summed E-state index contributed by atoms with van der Waals surface area (Å²) in [5, 5.41) is 22.2. The molecule has 1 saturated heterocycles. The largest absolute Gasteiger partial charge is 0.332 e. The predicted molar refractivity (Wildman–Crippen MR) is 87.6 cm³/mol. The smallest absolute Gasteiger partial charge is 0.276 e. The molecular formula is C17H12N8O. The van der Waals surface area contributed by atoms with Crippen molar-refractivity contribution < 1.29 is 4.52 Å². The zero-order valence-corrected chi connectivity index (χ0v) is 13.6. The fourth-order valence-electron chi connectivity index (χ4n) is 2.88. The highest BCUT2D eigenvalue weighted by Gasteiger charge is 2.29. The van der Waals surface area contributed by atoms with E-state index in [0.29, 0.717) is 29.5 Å². The lowest BCUT2D eigenvalue weighted by molar-refractivity contribution is 0.339. The molecule has 0 spiro atoms. The first-order valence-electron chi connectivity index (χ1n) is 7.98. The molecule has 1 aliphatic rings. The third-order valence-electron chi connectivity index (χ3n) is 4.13. The molecular weight excluding hydrogens is 332 g/mol. The van der Waals surface area contributed by atoms with Gasteiger partial charge in [0.15, 0.2) is 17.8 Å². The summed E-state index contributed by atoms with van der Waals surface area (Å²) < 4.78 is 5.34. The van der Waals surface area contributed by atoms with Gasteiger partial charge in [0.1, 0.15) is 23.5 Å². The number of rotatable bonds is 3. The molecule has 3 aromatic heterocycles. The van der Waals surface area contributed by atoms with E-state index >= 15 is 0 Å². The monoisotopic (exact) mass is 344 g/mol. The van der Waals surface area contributed by atoms with Crippen LogP contribution in [0.5, 0.6) is 0 Å². The van der Waals surface area contributed by atoms with Crippen molar-refractivity contribution in [1.82, 2.24) is 30.0 Å². The van der Waals surface area contributed by atoms with Crippen LogP contribution in [0.25, 0.3) is 23.0 Å². The lowest BCUT2D eigenvalue weighted by Gasteiger charge is -2.13. The van der Waals surface area contributed by atoms with Gasteiger partial charge in [-0.15, -0.1) is 0 Å². The molecule has 26 heavy (non-hydrogen) atoms. The topological polar surface area (TPSA) is 128 Å². The van der Waals surface area contributed by atoms with Crippen molar-refractivity contribution in [2.24, 2.45) is 0 Å². The summed E-state index contributed by atoms with van der Waals surface area (Å²) >= 11 is 0. The predicted octanol–water partition coefficient (Wildman–Crippen LogP) is 2.08. The lowest BCUT2D eigenvalue weighted by atomic mass is 10.2. The van der Waals surface area contributed by atoms with Gasteiger partial charge < -0.3 is 4.52 Å². The van der Waals surface area contributed by atoms with Crippen LogP contribution in [0.1, 0.15) is 30.4 Å². The van der Waals surface area contributed by atoms with Crippen molar-refractivity contribution in [1.29, 1.82) is 10.5 Å². The third kappa shape index (κ3) is 2.82. The Labute approximate surface area is 148 Å². The Balaban J connectivity index is 1.65. The molecule has 4 heterocycles. The minimum Gasteiger partial charge on any atom is -0.332 e. The normalized spacial score (nSPS) is 16.2. The molecule has 9 heteroatoms. The van der Waals surface area contributed by atoms with Crippen molar-refractivity contribution in [2.75, 3.05) is 6.54 Å². The highest BCUT2D eigenvalue weighted by molar-refractivity contribution is 5.59. The Hall–Kier alpha value is -3.85. The zero-order valence-electron chi connectivity index (χ0n) is 13.6. The number of hydrogen-bond donors (Lipinski definition) is 0. The first kappa shape index (κ1) is 15.7. The number of nitriles is 2. The average Bonchev–Trinajstić information content (AvgIpc) is 3.37. The van der Waals surface area contributed by atoms with Crippen LogP contribution in [-0.4, -0.2) is 36.5 Å². The van der Waals surface area contributed by atoms with Gasteiger partial charge in [-0.05, 0) is 31.0 Å². The standard InChI is InChI=1S/C17H12N8O/c18-9-12-8-11(3-5-20-12)15-21-6-4-13(22-15)17-23-16(24-26-17)14-2-1-7-25(14)10-19/h3-6,8,14H,1-2,7H2/t14-/m0/s1. The van der Waals surface area contributed by atoms with Gasteiger partial charge in [-0.1, -0.05) is 5.16 Å². The van der Waals surface area contributed by atoms with Crippen molar-refractivity contribution in [3.63, 3.8) is 0 Å². The Morgan fingerprint density at radius 3 is 2.88 bits per heavy atom. The van der Waals surface area contributed by atoms with E-state index in [1.165, 1.54) is 6.20 Å². The Bertz CT molecular complexity index is 1030. The summed E-state index contributed by atoms with van der Waals surface area (Å²) in [5.41, 5.74) is 1.43. The number of pyridine rings is 1. The summed E-state index contributed by atoms with van der Waals surface area (Å²) in [6, 6.07) is 6.84. The van der Waals surface area contributed by atoms with E-state index in [4.69, 9.17) is 15.0 Å². The van der Waals surface area contributed by atoms with Gasteiger partial charge in [-0.2, -0.15) is 15.5 Å². The van der Waals surface area contributed by atoms with Gasteiger partial charge in [0, 0.05) is 24.5 Å². The number of aromatic nitrogens is 5. The molecule has 1 atom stereocenters. The van der Waals surface area contributed by atoms with Crippen LogP contribution in [0, 0.1) is 22.8 Å². The van der Waals surface area contributed by atoms with Crippen molar-refractivity contribution in [3.05, 3.63) is 42.1 Å². The highest BCUT2D eigenvalue weighted by atomic mass is 16.5. The molecule has 0 radical (unpaired) electrons. The second-order valence-corrected chi connectivity index (χ2v) is 5.72. The fraction of sp³-hybridized carbons (Fsp3) is 0.235. The molecule has 126 valence electrons.